The molecule has 0 aromatic heterocycles. The molecule has 0 spiro atoms. The van der Waals surface area contributed by atoms with Crippen molar-refractivity contribution in [1.29, 1.82) is 0 Å². The molecule has 2 aliphatic rings. The zero-order chi connectivity index (χ0) is 24.1. The van der Waals surface area contributed by atoms with Crippen LogP contribution in [0.25, 0.3) is 0 Å². The Bertz CT molecular complexity index is 1420. The maximum Gasteiger partial charge on any atom is 0.239 e. The van der Waals surface area contributed by atoms with Crippen molar-refractivity contribution >= 4 is 25.6 Å². The molecule has 34 heavy (non-hydrogen) atoms. The van der Waals surface area contributed by atoms with Crippen molar-refractivity contribution in [2.24, 2.45) is 0 Å². The van der Waals surface area contributed by atoms with Crippen LogP contribution in [0.5, 0.6) is 0 Å². The SMILES string of the molecule is Cc1ccc(C2C(S(=O)(=O)c3ccccc3)C(S(=O)(=O)c3ccccc3)N3C(=O)CCN23)cc1. The number of aryl methyl sites for hydroxylation is 1. The molecular weight excluding hydrogens is 472 g/mol. The van der Waals surface area contributed by atoms with Gasteiger partial charge < -0.3 is 0 Å². The van der Waals surface area contributed by atoms with E-state index in [0.29, 0.717) is 5.56 Å². The minimum Gasteiger partial charge on any atom is -0.273 e. The number of benzene rings is 3. The summed E-state index contributed by atoms with van der Waals surface area (Å²) in [5.41, 5.74) is 1.65. The van der Waals surface area contributed by atoms with E-state index in [9.17, 15) is 21.6 Å². The van der Waals surface area contributed by atoms with Crippen molar-refractivity contribution < 1.29 is 21.6 Å². The van der Waals surface area contributed by atoms with Crippen molar-refractivity contribution in [3.05, 3.63) is 96.1 Å². The lowest BCUT2D eigenvalue weighted by Gasteiger charge is -2.26. The predicted octanol–water partition coefficient (Wildman–Crippen LogP) is 3.14. The van der Waals surface area contributed by atoms with Crippen molar-refractivity contribution in [3.8, 4) is 0 Å². The molecule has 3 atom stereocenters. The molecule has 176 valence electrons. The largest absolute Gasteiger partial charge is 0.273 e. The standard InChI is InChI=1S/C25H24N2O5S2/c1-18-12-14-19(15-13-18)23-24(33(29,30)20-8-4-2-5-9-20)25(27-22(28)16-17-26(23)27)34(31,32)21-10-6-3-7-11-21/h2-15,23-25H,16-17H2,1H3. The number of amides is 1. The van der Waals surface area contributed by atoms with E-state index >= 15 is 0 Å². The van der Waals surface area contributed by atoms with Gasteiger partial charge in [0.25, 0.3) is 0 Å². The zero-order valence-corrected chi connectivity index (χ0v) is 20.1. The lowest BCUT2D eigenvalue weighted by atomic mass is 10.0. The van der Waals surface area contributed by atoms with E-state index in [1.54, 1.807) is 41.4 Å². The normalized spacial score (nSPS) is 23.3. The maximum absolute atomic E-state index is 14.1. The second kappa shape index (κ2) is 8.33. The number of hydrogen-bond acceptors (Lipinski definition) is 6. The van der Waals surface area contributed by atoms with Crippen molar-refractivity contribution in [1.82, 2.24) is 10.0 Å². The maximum atomic E-state index is 14.1. The fraction of sp³-hybridized carbons (Fsp3) is 0.240. The molecule has 3 aromatic carbocycles. The molecule has 9 heteroatoms. The predicted molar refractivity (Wildman–Crippen MR) is 127 cm³/mol. The number of carbonyl (C=O) groups excluding carboxylic acids is 1. The summed E-state index contributed by atoms with van der Waals surface area (Å²) in [4.78, 5) is 13.0. The fourth-order valence-electron chi connectivity index (χ4n) is 4.87. The molecular formula is C25H24N2O5S2. The van der Waals surface area contributed by atoms with Gasteiger partial charge in [-0.2, -0.15) is 0 Å². The van der Waals surface area contributed by atoms with Gasteiger partial charge in [-0.3, -0.25) is 9.80 Å². The second-order valence-corrected chi connectivity index (χ2v) is 12.7. The molecule has 5 rings (SSSR count). The highest BCUT2D eigenvalue weighted by Gasteiger charge is 2.62. The molecule has 0 aliphatic carbocycles. The van der Waals surface area contributed by atoms with E-state index in [-0.39, 0.29) is 22.8 Å². The summed E-state index contributed by atoms with van der Waals surface area (Å²) in [6.07, 6.45) is 0.126. The Balaban J connectivity index is 1.77. The zero-order valence-electron chi connectivity index (χ0n) is 18.5. The van der Waals surface area contributed by atoms with E-state index in [1.807, 2.05) is 31.2 Å². The van der Waals surface area contributed by atoms with Gasteiger partial charge in [0.1, 0.15) is 5.25 Å². The third-order valence-electron chi connectivity index (χ3n) is 6.48. The highest BCUT2D eigenvalue weighted by molar-refractivity contribution is 7.96. The molecule has 2 saturated heterocycles. The lowest BCUT2D eigenvalue weighted by Crippen LogP contribution is -2.47. The van der Waals surface area contributed by atoms with E-state index in [0.717, 1.165) is 5.56 Å². The molecule has 2 aliphatic heterocycles. The third kappa shape index (κ3) is 3.55. The minimum absolute atomic E-state index is 0.0162. The Hall–Kier alpha value is -3.01. The summed E-state index contributed by atoms with van der Waals surface area (Å²) in [6, 6.07) is 22.1. The van der Waals surface area contributed by atoms with Gasteiger partial charge in [0.2, 0.25) is 15.7 Å². The van der Waals surface area contributed by atoms with Crippen LogP contribution < -0.4 is 0 Å². The van der Waals surface area contributed by atoms with Crippen LogP contribution in [0.3, 0.4) is 0 Å². The first-order valence-electron chi connectivity index (χ1n) is 11.0. The Labute approximate surface area is 199 Å². The van der Waals surface area contributed by atoms with Crippen LogP contribution in [0.15, 0.2) is 94.7 Å². The first kappa shape index (κ1) is 22.8. The summed E-state index contributed by atoms with van der Waals surface area (Å²) < 4.78 is 56.1. The Kier molecular flexibility index (Phi) is 5.58. The van der Waals surface area contributed by atoms with Crippen LogP contribution in [-0.2, 0) is 24.5 Å². The minimum atomic E-state index is -4.23. The molecule has 0 bridgehead atoms. The number of fused-ring (bicyclic) bond motifs is 1. The van der Waals surface area contributed by atoms with E-state index in [4.69, 9.17) is 0 Å². The quantitative estimate of drug-likeness (QED) is 0.539. The van der Waals surface area contributed by atoms with Crippen LogP contribution >= 0.6 is 0 Å². The molecule has 2 heterocycles. The fourth-order valence-corrected chi connectivity index (χ4v) is 9.48. The number of sulfone groups is 2. The number of hydrogen-bond donors (Lipinski definition) is 0. The molecule has 3 aromatic rings. The topological polar surface area (TPSA) is 91.8 Å². The first-order chi connectivity index (χ1) is 16.2. The van der Waals surface area contributed by atoms with E-state index in [2.05, 4.69) is 0 Å². The second-order valence-electron chi connectivity index (χ2n) is 8.58. The van der Waals surface area contributed by atoms with E-state index < -0.39 is 42.2 Å². The van der Waals surface area contributed by atoms with Gasteiger partial charge in [-0.15, -0.1) is 0 Å². The average molecular weight is 497 g/mol. The van der Waals surface area contributed by atoms with Gasteiger partial charge in [-0.05, 0) is 36.8 Å². The molecule has 0 radical (unpaired) electrons. The Morgan fingerprint density at radius 2 is 1.26 bits per heavy atom. The molecule has 1 amide bonds. The number of carbonyl (C=O) groups is 1. The number of hydrazine groups is 1. The van der Waals surface area contributed by atoms with Crippen molar-refractivity contribution in [3.63, 3.8) is 0 Å². The Morgan fingerprint density at radius 1 is 0.735 bits per heavy atom. The van der Waals surface area contributed by atoms with Crippen LogP contribution in [-0.4, -0.2) is 49.9 Å². The van der Waals surface area contributed by atoms with Gasteiger partial charge in [0.05, 0.1) is 15.8 Å². The van der Waals surface area contributed by atoms with Gasteiger partial charge in [0.15, 0.2) is 15.2 Å². The molecule has 3 unspecified atom stereocenters. The summed E-state index contributed by atoms with van der Waals surface area (Å²) in [5, 5.41) is -0.185. The summed E-state index contributed by atoms with van der Waals surface area (Å²) in [7, 11) is -8.40. The van der Waals surface area contributed by atoms with E-state index in [1.165, 1.54) is 29.3 Å². The Morgan fingerprint density at radius 3 is 1.82 bits per heavy atom. The molecule has 0 N–H and O–H groups in total. The van der Waals surface area contributed by atoms with Crippen LogP contribution in [0.2, 0.25) is 0 Å². The smallest absolute Gasteiger partial charge is 0.239 e. The van der Waals surface area contributed by atoms with Crippen molar-refractivity contribution in [2.45, 2.75) is 39.8 Å². The van der Waals surface area contributed by atoms with Crippen molar-refractivity contribution in [2.75, 3.05) is 6.54 Å². The molecule has 7 nitrogen and oxygen atoms in total. The van der Waals surface area contributed by atoms with Gasteiger partial charge in [0, 0.05) is 13.0 Å². The highest BCUT2D eigenvalue weighted by Crippen LogP contribution is 2.48. The van der Waals surface area contributed by atoms with Crippen LogP contribution in [0.1, 0.15) is 23.6 Å². The van der Waals surface area contributed by atoms with Gasteiger partial charge in [-0.25, -0.2) is 21.8 Å². The summed E-state index contributed by atoms with van der Waals surface area (Å²) in [6.45, 7) is 2.17. The summed E-state index contributed by atoms with van der Waals surface area (Å²) >= 11 is 0. The van der Waals surface area contributed by atoms with Gasteiger partial charge in [-0.1, -0.05) is 66.2 Å². The highest BCUT2D eigenvalue weighted by atomic mass is 32.2. The molecule has 0 saturated carbocycles. The number of rotatable bonds is 5. The van der Waals surface area contributed by atoms with Crippen LogP contribution in [0.4, 0.5) is 0 Å². The lowest BCUT2D eigenvalue weighted by molar-refractivity contribution is -0.136. The van der Waals surface area contributed by atoms with Gasteiger partial charge >= 0.3 is 0 Å². The average Bonchev–Trinajstić information content (AvgIpc) is 3.39. The monoisotopic (exact) mass is 496 g/mol. The molecule has 2 fully saturated rings. The summed E-state index contributed by atoms with van der Waals surface area (Å²) in [5.74, 6) is -0.396. The number of nitrogens with zero attached hydrogens (tertiary/aromatic N) is 2. The third-order valence-corrected chi connectivity index (χ3v) is 10.9. The first-order valence-corrected chi connectivity index (χ1v) is 14.1. The van der Waals surface area contributed by atoms with Crippen LogP contribution in [0, 0.1) is 6.92 Å².